The number of aromatic nitrogens is 1. The zero-order valence-electron chi connectivity index (χ0n) is 16.2. The van der Waals surface area contributed by atoms with Crippen LogP contribution in [0.25, 0.3) is 0 Å². The van der Waals surface area contributed by atoms with E-state index in [-0.39, 0.29) is 17.6 Å². The number of amides is 1. The van der Waals surface area contributed by atoms with Crippen LogP contribution in [0.4, 0.5) is 0 Å². The van der Waals surface area contributed by atoms with Crippen molar-refractivity contribution in [3.05, 3.63) is 40.0 Å². The number of sulfonamides is 1. The van der Waals surface area contributed by atoms with Gasteiger partial charge in [-0.3, -0.25) is 9.59 Å². The van der Waals surface area contributed by atoms with Gasteiger partial charge in [-0.25, -0.2) is 13.1 Å². The highest BCUT2D eigenvalue weighted by atomic mass is 32.2. The first-order valence-corrected chi connectivity index (χ1v) is 11.6. The Hall–Kier alpha value is -1.97. The summed E-state index contributed by atoms with van der Waals surface area (Å²) in [6.45, 7) is 6.47. The van der Waals surface area contributed by atoms with Crippen molar-refractivity contribution < 1.29 is 18.0 Å². The number of hydrogen-bond donors (Lipinski definition) is 2. The van der Waals surface area contributed by atoms with Crippen LogP contribution in [0.1, 0.15) is 51.9 Å². The summed E-state index contributed by atoms with van der Waals surface area (Å²) in [4.78, 5) is 29.6. The van der Waals surface area contributed by atoms with Crippen LogP contribution in [0.5, 0.6) is 0 Å². The number of piperidine rings is 1. The molecule has 1 amide bonds. The molecule has 0 radical (unpaired) electrons. The molecule has 0 bridgehead atoms. The Morgan fingerprint density at radius 1 is 1.36 bits per heavy atom. The number of nitrogens with zero attached hydrogens (tertiary/aromatic N) is 1. The Bertz CT molecular complexity index is 977. The fraction of sp³-hybridized carbons (Fsp3) is 0.474. The third-order valence-electron chi connectivity index (χ3n) is 5.13. The molecule has 1 atom stereocenters. The van der Waals surface area contributed by atoms with Crippen molar-refractivity contribution in [1.82, 2.24) is 14.6 Å². The van der Waals surface area contributed by atoms with Crippen LogP contribution >= 0.6 is 11.3 Å². The van der Waals surface area contributed by atoms with Crippen LogP contribution in [0, 0.1) is 19.8 Å². The minimum Gasteiger partial charge on any atom is -0.355 e. The van der Waals surface area contributed by atoms with Crippen LogP contribution < -0.4 is 4.72 Å². The lowest BCUT2D eigenvalue weighted by atomic mass is 9.97. The molecule has 28 heavy (non-hydrogen) atoms. The van der Waals surface area contributed by atoms with Gasteiger partial charge in [-0.2, -0.15) is 0 Å². The predicted molar refractivity (Wildman–Crippen MR) is 108 cm³/mol. The number of H-pyrrole nitrogens is 1. The number of Topliss-reactive ketones (excluding diaryl/α,β-unsaturated/α-hetero) is 1. The lowest BCUT2D eigenvalue weighted by Gasteiger charge is -2.33. The Balaban J connectivity index is 1.68. The molecule has 0 unspecified atom stereocenters. The Morgan fingerprint density at radius 2 is 2.11 bits per heavy atom. The lowest BCUT2D eigenvalue weighted by Crippen LogP contribution is -2.43. The van der Waals surface area contributed by atoms with E-state index >= 15 is 0 Å². The SMILES string of the molecule is CC(=O)c1[nH]c(C)c(C(=O)N2CCC[C@H](CNS(=O)(=O)c3cccs3)C2)c1C. The van der Waals surface area contributed by atoms with Gasteiger partial charge in [0.1, 0.15) is 4.21 Å². The van der Waals surface area contributed by atoms with E-state index in [2.05, 4.69) is 9.71 Å². The van der Waals surface area contributed by atoms with E-state index in [9.17, 15) is 18.0 Å². The Morgan fingerprint density at radius 3 is 2.71 bits per heavy atom. The average molecular weight is 424 g/mol. The molecule has 152 valence electrons. The molecule has 9 heteroatoms. The molecule has 7 nitrogen and oxygen atoms in total. The zero-order chi connectivity index (χ0) is 20.5. The van der Waals surface area contributed by atoms with Gasteiger partial charge in [0, 0.05) is 32.3 Å². The zero-order valence-corrected chi connectivity index (χ0v) is 17.9. The molecular weight excluding hydrogens is 398 g/mol. The number of carbonyl (C=O) groups excluding carboxylic acids is 2. The van der Waals surface area contributed by atoms with E-state index in [1.54, 1.807) is 36.3 Å². The average Bonchev–Trinajstić information content (AvgIpc) is 3.29. The van der Waals surface area contributed by atoms with Crippen LogP contribution in [-0.4, -0.2) is 49.6 Å². The van der Waals surface area contributed by atoms with E-state index < -0.39 is 10.0 Å². The van der Waals surface area contributed by atoms with Crippen molar-refractivity contribution >= 4 is 33.1 Å². The van der Waals surface area contributed by atoms with Gasteiger partial charge in [-0.15, -0.1) is 11.3 Å². The van der Waals surface area contributed by atoms with Crippen LogP contribution in [0.2, 0.25) is 0 Å². The van der Waals surface area contributed by atoms with E-state index in [0.717, 1.165) is 12.8 Å². The predicted octanol–water partition coefficient (Wildman–Crippen LogP) is 2.73. The molecule has 2 N–H and O–H groups in total. The maximum absolute atomic E-state index is 13.1. The van der Waals surface area contributed by atoms with Gasteiger partial charge >= 0.3 is 0 Å². The molecule has 1 saturated heterocycles. The Kier molecular flexibility index (Phi) is 6.07. The molecular formula is C19H25N3O4S2. The van der Waals surface area contributed by atoms with Gasteiger partial charge in [0.2, 0.25) is 10.0 Å². The van der Waals surface area contributed by atoms with Crippen molar-refractivity contribution in [3.8, 4) is 0 Å². The summed E-state index contributed by atoms with van der Waals surface area (Å²) in [5, 5.41) is 1.73. The molecule has 1 aliphatic heterocycles. The molecule has 1 aliphatic rings. The first kappa shape index (κ1) is 20.8. The molecule has 2 aromatic rings. The summed E-state index contributed by atoms with van der Waals surface area (Å²) >= 11 is 1.18. The van der Waals surface area contributed by atoms with Crippen LogP contribution in [-0.2, 0) is 10.0 Å². The second-order valence-electron chi connectivity index (χ2n) is 7.22. The largest absolute Gasteiger partial charge is 0.355 e. The van der Waals surface area contributed by atoms with Crippen molar-refractivity contribution in [2.24, 2.45) is 5.92 Å². The van der Waals surface area contributed by atoms with Crippen molar-refractivity contribution in [1.29, 1.82) is 0 Å². The highest BCUT2D eigenvalue weighted by Crippen LogP contribution is 2.24. The summed E-state index contributed by atoms with van der Waals surface area (Å²) in [6, 6.07) is 3.28. The smallest absolute Gasteiger partial charge is 0.255 e. The summed E-state index contributed by atoms with van der Waals surface area (Å²) in [7, 11) is -3.50. The van der Waals surface area contributed by atoms with Gasteiger partial charge in [0.05, 0.1) is 11.3 Å². The monoisotopic (exact) mass is 423 g/mol. The summed E-state index contributed by atoms with van der Waals surface area (Å²) < 4.78 is 27.6. The number of thiophene rings is 1. The summed E-state index contributed by atoms with van der Waals surface area (Å²) in [5.74, 6) is -0.150. The van der Waals surface area contributed by atoms with Gasteiger partial charge in [0.15, 0.2) is 5.78 Å². The Labute approximate surface area is 169 Å². The molecule has 3 rings (SSSR count). The topological polar surface area (TPSA) is 99.3 Å². The minimum absolute atomic E-state index is 0.0549. The molecule has 0 spiro atoms. The number of rotatable bonds is 6. The standard InChI is InChI=1S/C19H25N3O4S2/c1-12-17(13(2)21-18(12)14(3)23)19(24)22-8-4-6-15(11-22)10-20-28(25,26)16-7-5-9-27-16/h5,7,9,15,20-21H,4,6,8,10-11H2,1-3H3/t15-/m1/s1. The minimum atomic E-state index is -3.50. The number of ketones is 1. The van der Waals surface area contributed by atoms with E-state index in [4.69, 9.17) is 0 Å². The fourth-order valence-electron chi connectivity index (χ4n) is 3.71. The molecule has 1 fully saturated rings. The van der Waals surface area contributed by atoms with E-state index in [0.29, 0.717) is 46.4 Å². The van der Waals surface area contributed by atoms with Crippen molar-refractivity contribution in [3.63, 3.8) is 0 Å². The van der Waals surface area contributed by atoms with E-state index in [1.165, 1.54) is 18.3 Å². The first-order chi connectivity index (χ1) is 13.2. The number of aromatic amines is 1. The summed E-state index contributed by atoms with van der Waals surface area (Å²) in [6.07, 6.45) is 1.68. The van der Waals surface area contributed by atoms with Gasteiger partial charge in [-0.1, -0.05) is 6.07 Å². The fourth-order valence-corrected chi connectivity index (χ4v) is 5.87. The van der Waals surface area contributed by atoms with Gasteiger partial charge in [0.25, 0.3) is 5.91 Å². The van der Waals surface area contributed by atoms with E-state index in [1.807, 2.05) is 0 Å². The quantitative estimate of drug-likeness (QED) is 0.698. The van der Waals surface area contributed by atoms with Crippen LogP contribution in [0.3, 0.4) is 0 Å². The lowest BCUT2D eigenvalue weighted by molar-refractivity contribution is 0.0675. The second-order valence-corrected chi connectivity index (χ2v) is 10.2. The third-order valence-corrected chi connectivity index (χ3v) is 7.95. The second kappa shape index (κ2) is 8.18. The molecule has 0 aromatic carbocycles. The number of hydrogen-bond acceptors (Lipinski definition) is 5. The maximum Gasteiger partial charge on any atom is 0.255 e. The third kappa shape index (κ3) is 4.21. The highest BCUT2D eigenvalue weighted by molar-refractivity contribution is 7.91. The first-order valence-electron chi connectivity index (χ1n) is 9.23. The molecule has 3 heterocycles. The number of likely N-dealkylation sites (tertiary alicyclic amines) is 1. The van der Waals surface area contributed by atoms with Crippen molar-refractivity contribution in [2.75, 3.05) is 19.6 Å². The number of nitrogens with one attached hydrogen (secondary N) is 2. The normalized spacial score (nSPS) is 17.7. The van der Waals surface area contributed by atoms with Gasteiger partial charge < -0.3 is 9.88 Å². The highest BCUT2D eigenvalue weighted by Gasteiger charge is 2.29. The van der Waals surface area contributed by atoms with Gasteiger partial charge in [-0.05, 0) is 49.6 Å². The molecule has 0 aliphatic carbocycles. The number of aryl methyl sites for hydroxylation is 1. The van der Waals surface area contributed by atoms with Crippen LogP contribution in [0.15, 0.2) is 21.7 Å². The number of carbonyl (C=O) groups is 2. The molecule has 0 saturated carbocycles. The molecule has 2 aromatic heterocycles. The maximum atomic E-state index is 13.1. The summed E-state index contributed by atoms with van der Waals surface area (Å²) in [5.41, 5.74) is 2.38. The van der Waals surface area contributed by atoms with Crippen molar-refractivity contribution in [2.45, 2.75) is 37.8 Å².